The number of aromatic nitrogens is 2. The van der Waals surface area contributed by atoms with Crippen LogP contribution < -0.4 is 20.4 Å². The fourth-order valence-corrected chi connectivity index (χ4v) is 6.56. The molecule has 210 valence electrons. The third-order valence-corrected chi connectivity index (χ3v) is 8.75. The van der Waals surface area contributed by atoms with E-state index in [1.54, 1.807) is 23.1 Å². The molecule has 9 nitrogen and oxygen atoms in total. The number of para-hydroxylation sites is 1. The summed E-state index contributed by atoms with van der Waals surface area (Å²) in [6.07, 6.45) is 3.70. The SMILES string of the molecule is CC(=O)NCc1cc(Nc2ncc3c(n2)SCN(c2c(Cl)cccc2Cl)C3=O)ccc1N1CCC(N(C)C)CC1. The number of rotatable bonds is 7. The summed E-state index contributed by atoms with van der Waals surface area (Å²) in [5.74, 6) is 0.372. The minimum absolute atomic E-state index is 0.0811. The molecule has 2 aromatic carbocycles. The van der Waals surface area contributed by atoms with E-state index in [0.29, 0.717) is 50.7 Å². The second-order valence-corrected chi connectivity index (χ2v) is 11.8. The molecular weight excluding hydrogens is 569 g/mol. The van der Waals surface area contributed by atoms with Crippen LogP contribution in [0.5, 0.6) is 0 Å². The first kappa shape index (κ1) is 28.5. The summed E-state index contributed by atoms with van der Waals surface area (Å²) in [5, 5.41) is 7.60. The number of piperidine rings is 1. The highest BCUT2D eigenvalue weighted by Gasteiger charge is 2.30. The van der Waals surface area contributed by atoms with E-state index in [2.05, 4.69) is 50.6 Å². The van der Waals surface area contributed by atoms with Crippen molar-refractivity contribution in [3.8, 4) is 0 Å². The van der Waals surface area contributed by atoms with Gasteiger partial charge >= 0.3 is 0 Å². The lowest BCUT2D eigenvalue weighted by Crippen LogP contribution is -2.42. The highest BCUT2D eigenvalue weighted by atomic mass is 35.5. The molecule has 2 aliphatic rings. The number of fused-ring (bicyclic) bond motifs is 1. The van der Waals surface area contributed by atoms with Crippen molar-refractivity contribution in [1.82, 2.24) is 20.2 Å². The maximum atomic E-state index is 13.3. The number of nitrogens with one attached hydrogen (secondary N) is 2. The van der Waals surface area contributed by atoms with Crippen LogP contribution >= 0.6 is 35.0 Å². The van der Waals surface area contributed by atoms with E-state index >= 15 is 0 Å². The van der Waals surface area contributed by atoms with Crippen molar-refractivity contribution in [2.24, 2.45) is 0 Å². The summed E-state index contributed by atoms with van der Waals surface area (Å²) in [6, 6.07) is 11.8. The van der Waals surface area contributed by atoms with E-state index in [-0.39, 0.29) is 11.8 Å². The number of anilines is 4. The van der Waals surface area contributed by atoms with Gasteiger partial charge in [-0.25, -0.2) is 9.97 Å². The van der Waals surface area contributed by atoms with Gasteiger partial charge in [-0.2, -0.15) is 0 Å². The van der Waals surface area contributed by atoms with Gasteiger partial charge < -0.3 is 20.4 Å². The molecule has 3 aromatic rings. The van der Waals surface area contributed by atoms with Crippen LogP contribution in [0.25, 0.3) is 0 Å². The molecule has 1 aromatic heterocycles. The summed E-state index contributed by atoms with van der Waals surface area (Å²) in [5.41, 5.74) is 3.79. The Hall–Kier alpha value is -3.05. The highest BCUT2D eigenvalue weighted by molar-refractivity contribution is 7.99. The van der Waals surface area contributed by atoms with Gasteiger partial charge in [-0.1, -0.05) is 41.0 Å². The first-order valence-corrected chi connectivity index (χ1v) is 14.8. The lowest BCUT2D eigenvalue weighted by atomic mass is 10.0. The molecule has 3 heterocycles. The summed E-state index contributed by atoms with van der Waals surface area (Å²) < 4.78 is 0. The number of benzene rings is 2. The molecule has 5 rings (SSSR count). The van der Waals surface area contributed by atoms with Gasteiger partial charge in [0.2, 0.25) is 11.9 Å². The van der Waals surface area contributed by atoms with Crippen molar-refractivity contribution in [2.75, 3.05) is 48.2 Å². The molecule has 0 spiro atoms. The van der Waals surface area contributed by atoms with Crippen LogP contribution in [0, 0.1) is 0 Å². The van der Waals surface area contributed by atoms with E-state index in [1.807, 2.05) is 12.1 Å². The van der Waals surface area contributed by atoms with Crippen molar-refractivity contribution in [2.45, 2.75) is 37.4 Å². The van der Waals surface area contributed by atoms with E-state index in [0.717, 1.165) is 42.9 Å². The third kappa shape index (κ3) is 6.15. The van der Waals surface area contributed by atoms with Crippen molar-refractivity contribution in [3.63, 3.8) is 0 Å². The zero-order valence-electron chi connectivity index (χ0n) is 22.6. The standard InChI is InChI=1S/C28H31Cl2N7O2S/c1-17(38)31-14-18-13-19(7-8-24(18)36-11-9-20(10-12-36)35(2)3)33-28-32-15-21-26(34-28)40-16-37(27(21)39)25-22(29)5-4-6-23(25)30/h4-8,13,15,20H,9-12,14,16H2,1-3H3,(H,31,38)(H,32,33,34). The number of nitrogens with zero attached hydrogens (tertiary/aromatic N) is 5. The van der Waals surface area contributed by atoms with Gasteiger partial charge in [0.15, 0.2) is 0 Å². The molecule has 0 saturated carbocycles. The number of hydrogen-bond donors (Lipinski definition) is 2. The monoisotopic (exact) mass is 599 g/mol. The Morgan fingerprint density at radius 3 is 2.55 bits per heavy atom. The molecule has 0 atom stereocenters. The number of carbonyl (C=O) groups excluding carboxylic acids is 2. The number of hydrogen-bond acceptors (Lipinski definition) is 8. The molecule has 12 heteroatoms. The minimum Gasteiger partial charge on any atom is -0.371 e. The van der Waals surface area contributed by atoms with Gasteiger partial charge in [-0.05, 0) is 62.8 Å². The zero-order chi connectivity index (χ0) is 28.4. The lowest BCUT2D eigenvalue weighted by Gasteiger charge is -2.37. The Balaban J connectivity index is 1.35. The summed E-state index contributed by atoms with van der Waals surface area (Å²) >= 11 is 14.1. The predicted molar refractivity (Wildman–Crippen MR) is 162 cm³/mol. The molecule has 0 bridgehead atoms. The molecular formula is C28H31Cl2N7O2S. The maximum absolute atomic E-state index is 13.3. The topological polar surface area (TPSA) is 93.7 Å². The van der Waals surface area contributed by atoms with Gasteiger partial charge in [-0.3, -0.25) is 14.5 Å². The van der Waals surface area contributed by atoms with Crippen molar-refractivity contribution >= 4 is 69.8 Å². The van der Waals surface area contributed by atoms with Crippen molar-refractivity contribution in [1.29, 1.82) is 0 Å². The average molecular weight is 601 g/mol. The first-order chi connectivity index (χ1) is 19.2. The van der Waals surface area contributed by atoms with Gasteiger partial charge in [0, 0.05) is 50.2 Å². The first-order valence-electron chi connectivity index (χ1n) is 13.0. The lowest BCUT2D eigenvalue weighted by molar-refractivity contribution is -0.119. The Bertz CT molecular complexity index is 1410. The highest BCUT2D eigenvalue weighted by Crippen LogP contribution is 2.39. The Labute approximate surface area is 248 Å². The summed E-state index contributed by atoms with van der Waals surface area (Å²) in [4.78, 5) is 40.2. The number of halogens is 2. The van der Waals surface area contributed by atoms with Crippen molar-refractivity contribution < 1.29 is 9.59 Å². The van der Waals surface area contributed by atoms with Crippen LogP contribution in [0.4, 0.5) is 23.0 Å². The predicted octanol–water partition coefficient (Wildman–Crippen LogP) is 5.40. The zero-order valence-corrected chi connectivity index (χ0v) is 24.9. The minimum atomic E-state index is -0.254. The number of thioether (sulfide) groups is 1. The molecule has 0 unspecified atom stereocenters. The van der Waals surface area contributed by atoms with Crippen LogP contribution in [0.2, 0.25) is 10.0 Å². The number of amides is 2. The Morgan fingerprint density at radius 2 is 1.88 bits per heavy atom. The van der Waals surface area contributed by atoms with Gasteiger partial charge in [0.25, 0.3) is 5.91 Å². The van der Waals surface area contributed by atoms with E-state index in [1.165, 1.54) is 24.9 Å². The fourth-order valence-electron chi connectivity index (χ4n) is 5.01. The third-order valence-electron chi connectivity index (χ3n) is 7.17. The van der Waals surface area contributed by atoms with Gasteiger partial charge in [0.05, 0.1) is 27.2 Å². The van der Waals surface area contributed by atoms with Gasteiger partial charge in [0.1, 0.15) is 5.03 Å². The van der Waals surface area contributed by atoms with Crippen molar-refractivity contribution in [3.05, 3.63) is 63.8 Å². The molecule has 0 aliphatic carbocycles. The molecule has 40 heavy (non-hydrogen) atoms. The van der Waals surface area contributed by atoms with E-state index < -0.39 is 0 Å². The molecule has 2 N–H and O–H groups in total. The van der Waals surface area contributed by atoms with E-state index in [9.17, 15) is 9.59 Å². The largest absolute Gasteiger partial charge is 0.371 e. The maximum Gasteiger partial charge on any atom is 0.263 e. The molecule has 2 aliphatic heterocycles. The second-order valence-electron chi connectivity index (χ2n) is 10.0. The fraction of sp³-hybridized carbons (Fsp3) is 0.357. The van der Waals surface area contributed by atoms with Crippen LogP contribution in [0.1, 0.15) is 35.7 Å². The van der Waals surface area contributed by atoms with Crippen LogP contribution in [-0.2, 0) is 11.3 Å². The Kier molecular flexibility index (Phi) is 8.70. The second kappa shape index (κ2) is 12.2. The van der Waals surface area contributed by atoms with Crippen LogP contribution in [0.15, 0.2) is 47.6 Å². The molecule has 1 saturated heterocycles. The van der Waals surface area contributed by atoms with Crippen LogP contribution in [0.3, 0.4) is 0 Å². The number of carbonyl (C=O) groups is 2. The van der Waals surface area contributed by atoms with E-state index in [4.69, 9.17) is 23.2 Å². The Morgan fingerprint density at radius 1 is 1.15 bits per heavy atom. The summed E-state index contributed by atoms with van der Waals surface area (Å²) in [7, 11) is 4.26. The van der Waals surface area contributed by atoms with Crippen LogP contribution in [-0.4, -0.2) is 65.8 Å². The molecule has 1 fully saturated rings. The van der Waals surface area contributed by atoms with Gasteiger partial charge in [-0.15, -0.1) is 0 Å². The molecule has 2 amide bonds. The molecule has 0 radical (unpaired) electrons. The smallest absolute Gasteiger partial charge is 0.263 e. The quantitative estimate of drug-likeness (QED) is 0.348. The summed E-state index contributed by atoms with van der Waals surface area (Å²) in [6.45, 7) is 3.85. The average Bonchev–Trinajstić information content (AvgIpc) is 2.93. The normalized spacial score (nSPS) is 15.8.